The molecule has 0 radical (unpaired) electrons. The van der Waals surface area contributed by atoms with Crippen LogP contribution in [0.5, 0.6) is 0 Å². The Kier molecular flexibility index (Phi) is 3.66. The predicted octanol–water partition coefficient (Wildman–Crippen LogP) is 1.30. The molecule has 2 rings (SSSR count). The zero-order valence-electron chi connectivity index (χ0n) is 11.4. The van der Waals surface area contributed by atoms with Gasteiger partial charge in [-0.2, -0.15) is 0 Å². The lowest BCUT2D eigenvalue weighted by molar-refractivity contribution is 0.0827. The van der Waals surface area contributed by atoms with Gasteiger partial charge in [0, 0.05) is 19.7 Å². The van der Waals surface area contributed by atoms with Gasteiger partial charge < -0.3 is 21.1 Å². The monoisotopic (exact) mass is 263 g/mol. The Bertz CT molecular complexity index is 476. The molecule has 0 unspecified atom stereocenters. The van der Waals surface area contributed by atoms with Gasteiger partial charge in [0.25, 0.3) is 5.91 Å². The highest BCUT2D eigenvalue weighted by Crippen LogP contribution is 2.36. The molecule has 0 aliphatic heterocycles. The molecule has 1 aliphatic rings. The summed E-state index contributed by atoms with van der Waals surface area (Å²) >= 11 is 0. The van der Waals surface area contributed by atoms with E-state index in [1.807, 2.05) is 6.07 Å². The maximum absolute atomic E-state index is 11.8. The van der Waals surface area contributed by atoms with E-state index in [9.17, 15) is 9.90 Å². The number of anilines is 2. The lowest BCUT2D eigenvalue weighted by atomic mass is 9.77. The number of aliphatic hydroxyl groups excluding tert-OH is 1. The molecule has 4 N–H and O–H groups in total. The van der Waals surface area contributed by atoms with Crippen molar-refractivity contribution >= 4 is 17.3 Å². The number of hydrogen-bond donors (Lipinski definition) is 3. The van der Waals surface area contributed by atoms with Crippen molar-refractivity contribution < 1.29 is 9.90 Å². The molecule has 0 atom stereocenters. The van der Waals surface area contributed by atoms with Crippen molar-refractivity contribution in [3.8, 4) is 0 Å². The van der Waals surface area contributed by atoms with Gasteiger partial charge in [-0.05, 0) is 37.5 Å². The highest BCUT2D eigenvalue weighted by molar-refractivity contribution is 5.95. The first-order valence-corrected chi connectivity index (χ1v) is 6.48. The van der Waals surface area contributed by atoms with Crippen molar-refractivity contribution in [2.24, 2.45) is 0 Å². The highest BCUT2D eigenvalue weighted by Gasteiger charge is 2.36. The maximum atomic E-state index is 11.8. The SMILES string of the molecule is CN(C)C(=O)c1ccc(NC2(CO)CCC2)c(N)c1. The summed E-state index contributed by atoms with van der Waals surface area (Å²) in [6.07, 6.45) is 3.01. The van der Waals surface area contributed by atoms with E-state index < -0.39 is 0 Å². The molecule has 19 heavy (non-hydrogen) atoms. The van der Waals surface area contributed by atoms with Crippen LogP contribution in [-0.4, -0.2) is 42.2 Å². The van der Waals surface area contributed by atoms with E-state index in [1.165, 1.54) is 4.90 Å². The van der Waals surface area contributed by atoms with Crippen molar-refractivity contribution in [2.45, 2.75) is 24.8 Å². The lowest BCUT2D eigenvalue weighted by Crippen LogP contribution is -2.48. The molecule has 5 nitrogen and oxygen atoms in total. The number of carbonyl (C=O) groups is 1. The van der Waals surface area contributed by atoms with Crippen LogP contribution in [0.1, 0.15) is 29.6 Å². The van der Waals surface area contributed by atoms with E-state index in [4.69, 9.17) is 5.73 Å². The summed E-state index contributed by atoms with van der Waals surface area (Å²) in [4.78, 5) is 13.3. The standard InChI is InChI=1S/C14H21N3O2/c1-17(2)13(19)10-4-5-12(11(15)8-10)16-14(9-18)6-3-7-14/h4-5,8,16,18H,3,6-7,9,15H2,1-2H3. The molecule has 0 saturated heterocycles. The fraction of sp³-hybridized carbons (Fsp3) is 0.500. The number of nitrogens with two attached hydrogens (primary N) is 1. The minimum Gasteiger partial charge on any atom is -0.397 e. The molecule has 0 bridgehead atoms. The molecule has 0 spiro atoms. The van der Waals surface area contributed by atoms with Gasteiger partial charge in [0.2, 0.25) is 0 Å². The van der Waals surface area contributed by atoms with Gasteiger partial charge in [0.15, 0.2) is 0 Å². The first kappa shape index (κ1) is 13.7. The summed E-state index contributed by atoms with van der Waals surface area (Å²) in [6.45, 7) is 0.102. The molecule has 1 fully saturated rings. The van der Waals surface area contributed by atoms with Crippen LogP contribution in [-0.2, 0) is 0 Å². The van der Waals surface area contributed by atoms with Gasteiger partial charge in [-0.25, -0.2) is 0 Å². The van der Waals surface area contributed by atoms with E-state index in [0.717, 1.165) is 24.9 Å². The van der Waals surface area contributed by atoms with Crippen LogP contribution in [0.15, 0.2) is 18.2 Å². The number of nitrogens with one attached hydrogen (secondary N) is 1. The Morgan fingerprint density at radius 3 is 2.58 bits per heavy atom. The molecule has 1 saturated carbocycles. The normalized spacial score (nSPS) is 16.6. The van der Waals surface area contributed by atoms with Gasteiger partial charge in [0.1, 0.15) is 0 Å². The van der Waals surface area contributed by atoms with Crippen molar-refractivity contribution in [3.63, 3.8) is 0 Å². The van der Waals surface area contributed by atoms with Crippen molar-refractivity contribution in [3.05, 3.63) is 23.8 Å². The van der Waals surface area contributed by atoms with E-state index >= 15 is 0 Å². The summed E-state index contributed by atoms with van der Waals surface area (Å²) in [7, 11) is 3.42. The predicted molar refractivity (Wildman–Crippen MR) is 76.2 cm³/mol. The van der Waals surface area contributed by atoms with Gasteiger partial charge in [-0.3, -0.25) is 4.79 Å². The molecule has 1 aliphatic carbocycles. The molecule has 1 aromatic carbocycles. The third kappa shape index (κ3) is 2.66. The number of benzene rings is 1. The average Bonchev–Trinajstić information content (AvgIpc) is 2.34. The molecule has 1 aromatic rings. The second-order valence-corrected chi connectivity index (χ2v) is 5.42. The van der Waals surface area contributed by atoms with Crippen LogP contribution in [0.4, 0.5) is 11.4 Å². The summed E-state index contributed by atoms with van der Waals surface area (Å²) in [5.41, 5.74) is 7.64. The Morgan fingerprint density at radius 1 is 1.47 bits per heavy atom. The molecular weight excluding hydrogens is 242 g/mol. The van der Waals surface area contributed by atoms with E-state index in [2.05, 4.69) is 5.32 Å². The first-order chi connectivity index (χ1) is 8.97. The summed E-state index contributed by atoms with van der Waals surface area (Å²) in [5.74, 6) is -0.0706. The highest BCUT2D eigenvalue weighted by atomic mass is 16.3. The molecular formula is C14H21N3O2. The first-order valence-electron chi connectivity index (χ1n) is 6.48. The Morgan fingerprint density at radius 2 is 2.16 bits per heavy atom. The van der Waals surface area contributed by atoms with Crippen molar-refractivity contribution in [1.82, 2.24) is 4.90 Å². The Labute approximate surface area is 113 Å². The third-order valence-corrected chi connectivity index (χ3v) is 3.72. The van der Waals surface area contributed by atoms with Crippen LogP contribution in [0.2, 0.25) is 0 Å². The largest absolute Gasteiger partial charge is 0.397 e. The molecule has 0 aromatic heterocycles. The number of amides is 1. The number of nitrogen functional groups attached to an aromatic ring is 1. The van der Waals surface area contributed by atoms with Crippen LogP contribution in [0.25, 0.3) is 0 Å². The number of hydrogen-bond acceptors (Lipinski definition) is 4. The van der Waals surface area contributed by atoms with E-state index in [1.54, 1.807) is 26.2 Å². The average molecular weight is 263 g/mol. The third-order valence-electron chi connectivity index (χ3n) is 3.72. The number of rotatable bonds is 4. The zero-order valence-corrected chi connectivity index (χ0v) is 11.4. The van der Waals surface area contributed by atoms with Crippen LogP contribution < -0.4 is 11.1 Å². The second-order valence-electron chi connectivity index (χ2n) is 5.42. The van der Waals surface area contributed by atoms with E-state index in [-0.39, 0.29) is 18.1 Å². The van der Waals surface area contributed by atoms with Gasteiger partial charge in [0.05, 0.1) is 23.5 Å². The fourth-order valence-corrected chi connectivity index (χ4v) is 2.28. The number of carbonyl (C=O) groups excluding carboxylic acids is 1. The molecule has 5 heteroatoms. The zero-order chi connectivity index (χ0) is 14.0. The fourth-order valence-electron chi connectivity index (χ4n) is 2.28. The van der Waals surface area contributed by atoms with Gasteiger partial charge in [-0.1, -0.05) is 0 Å². The summed E-state index contributed by atoms with van der Waals surface area (Å²) < 4.78 is 0. The quantitative estimate of drug-likeness (QED) is 0.715. The Balaban J connectivity index is 2.18. The van der Waals surface area contributed by atoms with Crippen LogP contribution in [0, 0.1) is 0 Å². The smallest absolute Gasteiger partial charge is 0.253 e. The number of aliphatic hydroxyl groups is 1. The number of nitrogens with zero attached hydrogens (tertiary/aromatic N) is 1. The van der Waals surface area contributed by atoms with E-state index in [0.29, 0.717) is 11.3 Å². The second kappa shape index (κ2) is 5.09. The maximum Gasteiger partial charge on any atom is 0.253 e. The Hall–Kier alpha value is -1.75. The van der Waals surface area contributed by atoms with Crippen molar-refractivity contribution in [2.75, 3.05) is 31.8 Å². The van der Waals surface area contributed by atoms with Crippen molar-refractivity contribution in [1.29, 1.82) is 0 Å². The van der Waals surface area contributed by atoms with Gasteiger partial charge in [-0.15, -0.1) is 0 Å². The minimum atomic E-state index is -0.235. The van der Waals surface area contributed by atoms with Crippen LogP contribution >= 0.6 is 0 Å². The van der Waals surface area contributed by atoms with Gasteiger partial charge >= 0.3 is 0 Å². The lowest BCUT2D eigenvalue weighted by Gasteiger charge is -2.42. The molecule has 104 valence electrons. The van der Waals surface area contributed by atoms with Crippen LogP contribution in [0.3, 0.4) is 0 Å². The molecule has 1 amide bonds. The topological polar surface area (TPSA) is 78.6 Å². The molecule has 0 heterocycles. The minimum absolute atomic E-state index is 0.0706. The summed E-state index contributed by atoms with van der Waals surface area (Å²) in [5, 5.41) is 12.7. The summed E-state index contributed by atoms with van der Waals surface area (Å²) in [6, 6.07) is 5.24.